The SMILES string of the molecule is FC(F)Oc1ccc(C=CCBr)cc1. The predicted molar refractivity (Wildman–Crippen MR) is 55.9 cm³/mol. The van der Waals surface area contributed by atoms with Gasteiger partial charge in [-0.1, -0.05) is 40.2 Å². The van der Waals surface area contributed by atoms with Crippen molar-refractivity contribution in [1.29, 1.82) is 0 Å². The second-order valence-electron chi connectivity index (χ2n) is 2.50. The number of benzene rings is 1. The molecule has 0 heterocycles. The summed E-state index contributed by atoms with van der Waals surface area (Å²) < 4.78 is 27.8. The van der Waals surface area contributed by atoms with Crippen LogP contribution in [-0.4, -0.2) is 11.9 Å². The van der Waals surface area contributed by atoms with Gasteiger partial charge in [0.25, 0.3) is 0 Å². The molecule has 76 valence electrons. The van der Waals surface area contributed by atoms with Crippen molar-refractivity contribution in [1.82, 2.24) is 0 Å². The maximum absolute atomic E-state index is 11.8. The van der Waals surface area contributed by atoms with Crippen LogP contribution in [0.4, 0.5) is 8.78 Å². The van der Waals surface area contributed by atoms with Gasteiger partial charge in [-0.05, 0) is 17.7 Å². The molecule has 0 aliphatic carbocycles. The smallest absolute Gasteiger partial charge is 0.387 e. The van der Waals surface area contributed by atoms with E-state index >= 15 is 0 Å². The highest BCUT2D eigenvalue weighted by Gasteiger charge is 2.02. The van der Waals surface area contributed by atoms with Crippen LogP contribution < -0.4 is 4.74 Å². The van der Waals surface area contributed by atoms with E-state index in [1.165, 1.54) is 12.1 Å². The Morgan fingerprint density at radius 3 is 2.43 bits per heavy atom. The van der Waals surface area contributed by atoms with Gasteiger partial charge in [0.1, 0.15) is 5.75 Å². The van der Waals surface area contributed by atoms with E-state index in [0.29, 0.717) is 0 Å². The molecule has 0 atom stereocenters. The minimum Gasteiger partial charge on any atom is -0.435 e. The van der Waals surface area contributed by atoms with E-state index in [-0.39, 0.29) is 5.75 Å². The molecule has 1 rings (SSSR count). The third kappa shape index (κ3) is 3.87. The largest absolute Gasteiger partial charge is 0.435 e. The van der Waals surface area contributed by atoms with E-state index in [2.05, 4.69) is 20.7 Å². The molecule has 0 saturated carbocycles. The number of rotatable bonds is 4. The normalized spacial score (nSPS) is 11.1. The van der Waals surface area contributed by atoms with E-state index in [4.69, 9.17) is 0 Å². The fraction of sp³-hybridized carbons (Fsp3) is 0.200. The Kier molecular flexibility index (Phi) is 4.59. The van der Waals surface area contributed by atoms with Crippen LogP contribution in [0.25, 0.3) is 6.08 Å². The van der Waals surface area contributed by atoms with E-state index in [1.807, 2.05) is 12.2 Å². The molecule has 1 aromatic carbocycles. The van der Waals surface area contributed by atoms with Crippen LogP contribution in [0.1, 0.15) is 5.56 Å². The molecule has 0 fully saturated rings. The van der Waals surface area contributed by atoms with Crippen molar-refractivity contribution in [3.63, 3.8) is 0 Å². The highest BCUT2D eigenvalue weighted by molar-refractivity contribution is 9.09. The van der Waals surface area contributed by atoms with Crippen molar-refractivity contribution < 1.29 is 13.5 Å². The molecule has 0 saturated heterocycles. The fourth-order valence-electron chi connectivity index (χ4n) is 0.941. The standard InChI is InChI=1S/C10H9BrF2O/c11-7-1-2-8-3-5-9(6-4-8)14-10(12)13/h1-6,10H,7H2. The van der Waals surface area contributed by atoms with Crippen LogP contribution in [0, 0.1) is 0 Å². The number of hydrogen-bond acceptors (Lipinski definition) is 1. The van der Waals surface area contributed by atoms with E-state index in [9.17, 15) is 8.78 Å². The average molecular weight is 263 g/mol. The van der Waals surface area contributed by atoms with Gasteiger partial charge in [0.05, 0.1) is 0 Å². The van der Waals surface area contributed by atoms with Crippen LogP contribution in [0.3, 0.4) is 0 Å². The Morgan fingerprint density at radius 2 is 1.93 bits per heavy atom. The zero-order valence-corrected chi connectivity index (χ0v) is 8.88. The second kappa shape index (κ2) is 5.75. The lowest BCUT2D eigenvalue weighted by atomic mass is 10.2. The molecule has 0 aliphatic heterocycles. The molecule has 0 N–H and O–H groups in total. The molecular weight excluding hydrogens is 254 g/mol. The van der Waals surface area contributed by atoms with Gasteiger partial charge in [-0.2, -0.15) is 8.78 Å². The van der Waals surface area contributed by atoms with E-state index in [1.54, 1.807) is 12.1 Å². The number of ether oxygens (including phenoxy) is 1. The average Bonchev–Trinajstić information content (AvgIpc) is 2.16. The van der Waals surface area contributed by atoms with Gasteiger partial charge in [-0.25, -0.2) is 0 Å². The number of hydrogen-bond donors (Lipinski definition) is 0. The molecule has 4 heteroatoms. The maximum atomic E-state index is 11.8. The van der Waals surface area contributed by atoms with Crippen LogP contribution in [0.15, 0.2) is 30.3 Å². The van der Waals surface area contributed by atoms with Crippen molar-refractivity contribution in [3.05, 3.63) is 35.9 Å². The summed E-state index contributed by atoms with van der Waals surface area (Å²) in [5.74, 6) is 0.177. The Bertz CT molecular complexity index is 295. The zero-order chi connectivity index (χ0) is 10.4. The van der Waals surface area contributed by atoms with Gasteiger partial charge >= 0.3 is 6.61 Å². The van der Waals surface area contributed by atoms with Crippen LogP contribution in [-0.2, 0) is 0 Å². The minimum absolute atomic E-state index is 0.177. The molecule has 0 bridgehead atoms. The molecule has 0 radical (unpaired) electrons. The maximum Gasteiger partial charge on any atom is 0.387 e. The summed E-state index contributed by atoms with van der Waals surface area (Å²) in [6.07, 6.45) is 3.81. The number of allylic oxidation sites excluding steroid dienone is 1. The second-order valence-corrected chi connectivity index (χ2v) is 3.15. The van der Waals surface area contributed by atoms with Crippen molar-refractivity contribution >= 4 is 22.0 Å². The summed E-state index contributed by atoms with van der Waals surface area (Å²) in [7, 11) is 0. The molecule has 0 aliphatic rings. The predicted octanol–water partition coefficient (Wildman–Crippen LogP) is 3.70. The van der Waals surface area contributed by atoms with Crippen LogP contribution in [0.5, 0.6) is 5.75 Å². The Hall–Kier alpha value is -0.900. The molecule has 14 heavy (non-hydrogen) atoms. The first-order valence-electron chi connectivity index (χ1n) is 4.00. The van der Waals surface area contributed by atoms with Gasteiger partial charge in [0.2, 0.25) is 0 Å². The topological polar surface area (TPSA) is 9.23 Å². The quantitative estimate of drug-likeness (QED) is 0.752. The zero-order valence-electron chi connectivity index (χ0n) is 7.29. The third-order valence-electron chi connectivity index (χ3n) is 1.50. The fourth-order valence-corrected chi connectivity index (χ4v) is 1.13. The Labute approximate surface area is 89.5 Å². The lowest BCUT2D eigenvalue weighted by Gasteiger charge is -2.03. The van der Waals surface area contributed by atoms with Gasteiger partial charge in [0, 0.05) is 5.33 Å². The van der Waals surface area contributed by atoms with Gasteiger partial charge in [0.15, 0.2) is 0 Å². The van der Waals surface area contributed by atoms with Gasteiger partial charge in [-0.15, -0.1) is 0 Å². The van der Waals surface area contributed by atoms with Crippen molar-refractivity contribution in [2.24, 2.45) is 0 Å². The summed E-state index contributed by atoms with van der Waals surface area (Å²) in [5.41, 5.74) is 0.950. The van der Waals surface area contributed by atoms with Crippen LogP contribution >= 0.6 is 15.9 Å². The summed E-state index contributed by atoms with van der Waals surface area (Å²) in [6, 6.07) is 6.47. The first-order chi connectivity index (χ1) is 6.72. The molecule has 0 spiro atoms. The molecule has 0 aromatic heterocycles. The molecule has 0 amide bonds. The van der Waals surface area contributed by atoms with Crippen LogP contribution in [0.2, 0.25) is 0 Å². The lowest BCUT2D eigenvalue weighted by molar-refractivity contribution is -0.0498. The molecule has 1 aromatic rings. The molecule has 0 unspecified atom stereocenters. The highest BCUT2D eigenvalue weighted by Crippen LogP contribution is 2.15. The minimum atomic E-state index is -2.76. The van der Waals surface area contributed by atoms with Crippen molar-refractivity contribution in [3.8, 4) is 5.75 Å². The van der Waals surface area contributed by atoms with Crippen molar-refractivity contribution in [2.45, 2.75) is 6.61 Å². The molecule has 1 nitrogen and oxygen atoms in total. The third-order valence-corrected chi connectivity index (χ3v) is 1.88. The van der Waals surface area contributed by atoms with Crippen molar-refractivity contribution in [2.75, 3.05) is 5.33 Å². The first kappa shape index (κ1) is 11.2. The van der Waals surface area contributed by atoms with Gasteiger partial charge in [-0.3, -0.25) is 0 Å². The monoisotopic (exact) mass is 262 g/mol. The summed E-state index contributed by atoms with van der Waals surface area (Å²) in [5, 5.41) is 0.766. The van der Waals surface area contributed by atoms with Gasteiger partial charge < -0.3 is 4.74 Å². The number of alkyl halides is 3. The Balaban J connectivity index is 2.64. The first-order valence-corrected chi connectivity index (χ1v) is 5.12. The summed E-state index contributed by atoms with van der Waals surface area (Å²) in [6.45, 7) is -2.76. The summed E-state index contributed by atoms with van der Waals surface area (Å²) in [4.78, 5) is 0. The Morgan fingerprint density at radius 1 is 1.29 bits per heavy atom. The molecular formula is C10H9BrF2O. The van der Waals surface area contributed by atoms with E-state index in [0.717, 1.165) is 10.9 Å². The van der Waals surface area contributed by atoms with E-state index < -0.39 is 6.61 Å². The highest BCUT2D eigenvalue weighted by atomic mass is 79.9. The number of halogens is 3. The summed E-state index contributed by atoms with van der Waals surface area (Å²) >= 11 is 3.24. The lowest BCUT2D eigenvalue weighted by Crippen LogP contribution is -2.01.